The van der Waals surface area contributed by atoms with Crippen LogP contribution >= 0.6 is 11.9 Å². The molecule has 0 saturated carbocycles. The van der Waals surface area contributed by atoms with Crippen molar-refractivity contribution in [3.05, 3.63) is 83.9 Å². The van der Waals surface area contributed by atoms with Crippen molar-refractivity contribution in [1.82, 2.24) is 10.2 Å². The second kappa shape index (κ2) is 8.20. The highest BCUT2D eigenvalue weighted by atomic mass is 32.2. The Bertz CT molecular complexity index is 1140. The Hall–Kier alpha value is -3.58. The van der Waals surface area contributed by atoms with Gasteiger partial charge in [0.2, 0.25) is 11.8 Å². The molecule has 0 spiro atoms. The fraction of sp³-hybridized carbons (Fsp3) is 0.0455. The summed E-state index contributed by atoms with van der Waals surface area (Å²) >= 11 is 1.53. The Kier molecular flexibility index (Phi) is 5.31. The van der Waals surface area contributed by atoms with Crippen molar-refractivity contribution in [3.8, 4) is 22.9 Å². The number of carbonyl (C=O) groups is 1. The number of carboxylic acid groups (broad SMARTS) is 1. The quantitative estimate of drug-likeness (QED) is 0.409. The second-order valence-electron chi connectivity index (χ2n) is 6.39. The lowest BCUT2D eigenvalue weighted by Gasteiger charge is -2.06. The molecular weight excluding hydrogens is 386 g/mol. The topological polar surface area (TPSA) is 88.2 Å². The van der Waals surface area contributed by atoms with E-state index >= 15 is 0 Å². The van der Waals surface area contributed by atoms with Crippen molar-refractivity contribution in [2.75, 3.05) is 4.72 Å². The van der Waals surface area contributed by atoms with Gasteiger partial charge in [-0.25, -0.2) is 4.79 Å². The summed E-state index contributed by atoms with van der Waals surface area (Å²) in [6, 6.07) is 22.3. The van der Waals surface area contributed by atoms with Crippen molar-refractivity contribution in [2.24, 2.45) is 0 Å². The van der Waals surface area contributed by atoms with Crippen LogP contribution in [-0.2, 0) is 0 Å². The fourth-order valence-electron chi connectivity index (χ4n) is 2.65. The van der Waals surface area contributed by atoms with E-state index in [1.54, 1.807) is 12.1 Å². The van der Waals surface area contributed by atoms with Gasteiger partial charge in [-0.05, 0) is 73.5 Å². The lowest BCUT2D eigenvalue weighted by atomic mass is 10.1. The standard InChI is InChI=1S/C22H17N3O3S/c1-14-5-11-19(12-6-14)29-25-18-4-2-3-17(13-18)21-24-23-20(28-21)15-7-9-16(10-8-15)22(26)27/h2-13,25H,1H3,(H,26,27). The molecule has 0 fully saturated rings. The van der Waals surface area contributed by atoms with Crippen LogP contribution in [0.4, 0.5) is 5.69 Å². The summed E-state index contributed by atoms with van der Waals surface area (Å²) in [5.41, 5.74) is 3.80. The molecule has 0 atom stereocenters. The van der Waals surface area contributed by atoms with Crippen LogP contribution in [0.2, 0.25) is 0 Å². The Morgan fingerprint density at radius 3 is 2.31 bits per heavy atom. The molecule has 7 heteroatoms. The molecule has 144 valence electrons. The molecule has 0 bridgehead atoms. The minimum atomic E-state index is -0.976. The average Bonchev–Trinajstić information content (AvgIpc) is 3.24. The number of aromatic carboxylic acids is 1. The molecule has 0 amide bonds. The van der Waals surface area contributed by atoms with Gasteiger partial charge in [-0.2, -0.15) is 0 Å². The Morgan fingerprint density at radius 1 is 0.931 bits per heavy atom. The van der Waals surface area contributed by atoms with E-state index in [1.807, 2.05) is 24.3 Å². The maximum absolute atomic E-state index is 11.0. The minimum Gasteiger partial charge on any atom is -0.478 e. The van der Waals surface area contributed by atoms with Crippen molar-refractivity contribution in [2.45, 2.75) is 11.8 Å². The molecular formula is C22H17N3O3S. The number of nitrogens with zero attached hydrogens (tertiary/aromatic N) is 2. The molecule has 4 rings (SSSR count). The molecule has 4 aromatic rings. The maximum Gasteiger partial charge on any atom is 0.335 e. The number of hydrogen-bond donors (Lipinski definition) is 2. The number of benzene rings is 3. The third-order valence-electron chi connectivity index (χ3n) is 4.22. The summed E-state index contributed by atoms with van der Waals surface area (Å²) in [4.78, 5) is 12.1. The van der Waals surface area contributed by atoms with E-state index in [9.17, 15) is 4.79 Å². The molecule has 6 nitrogen and oxygen atoms in total. The molecule has 0 aliphatic rings. The highest BCUT2D eigenvalue weighted by Crippen LogP contribution is 2.28. The SMILES string of the molecule is Cc1ccc(SNc2cccc(-c3nnc(-c4ccc(C(=O)O)cc4)o3)c2)cc1. The summed E-state index contributed by atoms with van der Waals surface area (Å²) in [5, 5.41) is 17.2. The van der Waals surface area contributed by atoms with E-state index in [2.05, 4.69) is 46.1 Å². The molecule has 1 aromatic heterocycles. The van der Waals surface area contributed by atoms with Gasteiger partial charge >= 0.3 is 5.97 Å². The minimum absolute atomic E-state index is 0.207. The number of aryl methyl sites for hydroxylation is 1. The lowest BCUT2D eigenvalue weighted by molar-refractivity contribution is 0.0697. The van der Waals surface area contributed by atoms with Crippen LogP contribution in [0.25, 0.3) is 22.9 Å². The largest absolute Gasteiger partial charge is 0.478 e. The first kappa shape index (κ1) is 18.8. The van der Waals surface area contributed by atoms with Crippen molar-refractivity contribution < 1.29 is 14.3 Å². The smallest absolute Gasteiger partial charge is 0.335 e. The molecule has 0 aliphatic carbocycles. The van der Waals surface area contributed by atoms with Gasteiger partial charge in [0.25, 0.3) is 0 Å². The zero-order chi connectivity index (χ0) is 20.2. The van der Waals surface area contributed by atoms with E-state index in [-0.39, 0.29) is 5.56 Å². The Balaban J connectivity index is 1.49. The normalized spacial score (nSPS) is 10.7. The van der Waals surface area contributed by atoms with Crippen LogP contribution in [0.15, 0.2) is 82.1 Å². The van der Waals surface area contributed by atoms with Crippen LogP contribution in [0.1, 0.15) is 15.9 Å². The van der Waals surface area contributed by atoms with Gasteiger partial charge in [0, 0.05) is 21.7 Å². The second-order valence-corrected chi connectivity index (χ2v) is 7.27. The number of nitrogens with one attached hydrogen (secondary N) is 1. The van der Waals surface area contributed by atoms with Gasteiger partial charge in [0.15, 0.2) is 0 Å². The molecule has 2 N–H and O–H groups in total. The number of carboxylic acids is 1. The first-order valence-corrected chi connectivity index (χ1v) is 9.67. The third-order valence-corrected chi connectivity index (χ3v) is 5.07. The van der Waals surface area contributed by atoms with Crippen LogP contribution in [0.3, 0.4) is 0 Å². The molecule has 0 saturated heterocycles. The first-order valence-electron chi connectivity index (χ1n) is 8.86. The molecule has 1 heterocycles. The Morgan fingerprint density at radius 2 is 1.62 bits per heavy atom. The number of hydrogen-bond acceptors (Lipinski definition) is 6. The highest BCUT2D eigenvalue weighted by Gasteiger charge is 2.12. The summed E-state index contributed by atoms with van der Waals surface area (Å²) in [7, 11) is 0. The summed E-state index contributed by atoms with van der Waals surface area (Å²) in [6.45, 7) is 2.06. The lowest BCUT2D eigenvalue weighted by Crippen LogP contribution is -1.94. The summed E-state index contributed by atoms with van der Waals surface area (Å²) in [5.74, 6) is -0.244. The van der Waals surface area contributed by atoms with E-state index in [4.69, 9.17) is 9.52 Å². The summed E-state index contributed by atoms with van der Waals surface area (Å²) in [6.07, 6.45) is 0. The zero-order valence-corrected chi connectivity index (χ0v) is 16.3. The predicted octanol–water partition coefficient (Wildman–Crippen LogP) is 5.53. The monoisotopic (exact) mass is 403 g/mol. The van der Waals surface area contributed by atoms with E-state index in [0.717, 1.165) is 16.1 Å². The van der Waals surface area contributed by atoms with Crippen molar-refractivity contribution >= 4 is 23.6 Å². The van der Waals surface area contributed by atoms with E-state index in [1.165, 1.54) is 29.6 Å². The van der Waals surface area contributed by atoms with Crippen molar-refractivity contribution in [1.29, 1.82) is 0 Å². The van der Waals surface area contributed by atoms with Crippen LogP contribution in [0, 0.1) is 6.92 Å². The molecule has 29 heavy (non-hydrogen) atoms. The van der Waals surface area contributed by atoms with E-state index < -0.39 is 5.97 Å². The number of anilines is 1. The van der Waals surface area contributed by atoms with Crippen LogP contribution in [-0.4, -0.2) is 21.3 Å². The highest BCUT2D eigenvalue weighted by molar-refractivity contribution is 8.00. The third kappa shape index (κ3) is 4.47. The maximum atomic E-state index is 11.0. The van der Waals surface area contributed by atoms with Gasteiger partial charge in [-0.1, -0.05) is 23.8 Å². The number of aromatic nitrogens is 2. The first-order chi connectivity index (χ1) is 14.1. The van der Waals surface area contributed by atoms with E-state index in [0.29, 0.717) is 17.3 Å². The zero-order valence-electron chi connectivity index (χ0n) is 15.5. The van der Waals surface area contributed by atoms with Crippen LogP contribution in [0.5, 0.6) is 0 Å². The van der Waals surface area contributed by atoms with Gasteiger partial charge in [-0.3, -0.25) is 0 Å². The Labute approximate surface area is 171 Å². The van der Waals surface area contributed by atoms with Gasteiger partial charge in [0.05, 0.1) is 5.56 Å². The predicted molar refractivity (Wildman–Crippen MR) is 113 cm³/mol. The van der Waals surface area contributed by atoms with Gasteiger partial charge in [0.1, 0.15) is 0 Å². The van der Waals surface area contributed by atoms with Gasteiger partial charge < -0.3 is 14.2 Å². The molecule has 3 aromatic carbocycles. The van der Waals surface area contributed by atoms with Crippen LogP contribution < -0.4 is 4.72 Å². The molecule has 0 aliphatic heterocycles. The fourth-order valence-corrected chi connectivity index (χ4v) is 3.29. The molecule has 0 radical (unpaired) electrons. The molecule has 0 unspecified atom stereocenters. The van der Waals surface area contributed by atoms with Gasteiger partial charge in [-0.15, -0.1) is 10.2 Å². The number of rotatable bonds is 6. The average molecular weight is 403 g/mol. The summed E-state index contributed by atoms with van der Waals surface area (Å²) < 4.78 is 9.10. The van der Waals surface area contributed by atoms with Crippen molar-refractivity contribution in [3.63, 3.8) is 0 Å².